The van der Waals surface area contributed by atoms with Gasteiger partial charge in [-0.25, -0.2) is 0 Å². The van der Waals surface area contributed by atoms with Crippen LogP contribution in [0.1, 0.15) is 104 Å². The number of fused-ring (bicyclic) bond motifs is 5. The minimum Gasteiger partial charge on any atom is -0.481 e. The summed E-state index contributed by atoms with van der Waals surface area (Å²) in [6.45, 7) is 7.30. The lowest BCUT2D eigenvalue weighted by molar-refractivity contribution is -0.164. The van der Waals surface area contributed by atoms with E-state index < -0.39 is 11.9 Å². The average Bonchev–Trinajstić information content (AvgIpc) is 3.13. The molecule has 192 valence electrons. The Balaban J connectivity index is 1.39. The molecule has 0 aromatic rings. The molecule has 0 unspecified atom stereocenters. The van der Waals surface area contributed by atoms with Crippen LogP contribution in [0.3, 0.4) is 0 Å². The molecule has 0 saturated heterocycles. The van der Waals surface area contributed by atoms with Crippen molar-refractivity contribution < 1.29 is 29.3 Å². The van der Waals surface area contributed by atoms with E-state index in [1.54, 1.807) is 0 Å². The zero-order valence-electron chi connectivity index (χ0n) is 21.3. The summed E-state index contributed by atoms with van der Waals surface area (Å²) < 4.78 is 5.69. The van der Waals surface area contributed by atoms with Gasteiger partial charge in [0.1, 0.15) is 6.10 Å². The zero-order chi connectivity index (χ0) is 24.7. The van der Waals surface area contributed by atoms with Gasteiger partial charge in [-0.15, -0.1) is 0 Å². The molecular formula is C28H44O6. The Bertz CT molecular complexity index is 794. The third kappa shape index (κ3) is 4.75. The van der Waals surface area contributed by atoms with Gasteiger partial charge in [-0.2, -0.15) is 0 Å². The molecule has 0 amide bonds. The molecule has 4 fully saturated rings. The van der Waals surface area contributed by atoms with Crippen LogP contribution in [-0.2, 0) is 19.1 Å². The van der Waals surface area contributed by atoms with Gasteiger partial charge in [-0.05, 0) is 111 Å². The van der Waals surface area contributed by atoms with Gasteiger partial charge in [0.15, 0.2) is 0 Å². The van der Waals surface area contributed by atoms with E-state index in [-0.39, 0.29) is 31.3 Å². The SMILES string of the molecule is C[C@H](CCC(=O)O)[C@H]1CC[C@H]2[C@@H]3CC[C@H]4C[C@@H](OC(=O)CCC(=O)O)CC[C@]4(C)[C@H]3CC[C@]12C. The molecule has 4 saturated carbocycles. The van der Waals surface area contributed by atoms with Crippen LogP contribution in [-0.4, -0.2) is 34.2 Å². The first-order valence-electron chi connectivity index (χ1n) is 13.7. The summed E-state index contributed by atoms with van der Waals surface area (Å²) in [5.74, 6) is 1.96. The fourth-order valence-corrected chi connectivity index (χ4v) is 9.31. The standard InChI is InChI=1S/C28H44O6/c1-17(4-9-24(29)30)21-7-8-22-20-6-5-18-16-19(34-26(33)11-10-25(31)32)12-14-27(18,2)23(20)13-15-28(21,22)3/h17-23H,4-16H2,1-3H3,(H,29,30)(H,31,32)/t17-,18+,19+,20+,21-,22+,23+,27+,28-/m1/s1. The van der Waals surface area contributed by atoms with E-state index in [4.69, 9.17) is 14.9 Å². The van der Waals surface area contributed by atoms with E-state index in [0.717, 1.165) is 43.4 Å². The first-order valence-corrected chi connectivity index (χ1v) is 13.7. The summed E-state index contributed by atoms with van der Waals surface area (Å²) in [5.41, 5.74) is 0.653. The molecule has 0 radical (unpaired) electrons. The third-order valence-electron chi connectivity index (χ3n) is 11.0. The minimum absolute atomic E-state index is 0.0369. The Morgan fingerprint density at radius 2 is 1.53 bits per heavy atom. The molecular weight excluding hydrogens is 432 g/mol. The third-order valence-corrected chi connectivity index (χ3v) is 11.0. The largest absolute Gasteiger partial charge is 0.481 e. The van der Waals surface area contributed by atoms with E-state index in [0.29, 0.717) is 28.6 Å². The number of esters is 1. The summed E-state index contributed by atoms with van der Waals surface area (Å²) in [7, 11) is 0. The summed E-state index contributed by atoms with van der Waals surface area (Å²) >= 11 is 0. The molecule has 34 heavy (non-hydrogen) atoms. The number of carboxylic acid groups (broad SMARTS) is 2. The van der Waals surface area contributed by atoms with Crippen LogP contribution in [0.5, 0.6) is 0 Å². The second-order valence-corrected chi connectivity index (χ2v) is 12.6. The maximum absolute atomic E-state index is 12.1. The highest BCUT2D eigenvalue weighted by Gasteiger charge is 2.60. The van der Waals surface area contributed by atoms with Crippen LogP contribution in [0.2, 0.25) is 0 Å². The second-order valence-electron chi connectivity index (χ2n) is 12.6. The van der Waals surface area contributed by atoms with E-state index in [2.05, 4.69) is 20.8 Å². The second kappa shape index (κ2) is 9.81. The van der Waals surface area contributed by atoms with Gasteiger partial charge in [0.25, 0.3) is 0 Å². The van der Waals surface area contributed by atoms with Gasteiger partial charge in [-0.1, -0.05) is 20.8 Å². The fraction of sp³-hybridized carbons (Fsp3) is 0.893. The van der Waals surface area contributed by atoms with Crippen molar-refractivity contribution in [2.24, 2.45) is 46.3 Å². The van der Waals surface area contributed by atoms with Crippen LogP contribution in [0, 0.1) is 46.3 Å². The normalized spacial score (nSPS) is 42.1. The molecule has 0 aromatic carbocycles. The predicted octanol–water partition coefficient (Wildman–Crippen LogP) is 5.92. The quantitative estimate of drug-likeness (QED) is 0.422. The summed E-state index contributed by atoms with van der Waals surface area (Å²) in [5, 5.41) is 18.0. The fourth-order valence-electron chi connectivity index (χ4n) is 9.31. The number of ether oxygens (including phenoxy) is 1. The zero-order valence-corrected chi connectivity index (χ0v) is 21.3. The lowest BCUT2D eigenvalue weighted by atomic mass is 9.44. The van der Waals surface area contributed by atoms with Gasteiger partial charge in [0.05, 0.1) is 12.8 Å². The highest BCUT2D eigenvalue weighted by molar-refractivity contribution is 5.76. The van der Waals surface area contributed by atoms with Crippen LogP contribution >= 0.6 is 0 Å². The average molecular weight is 477 g/mol. The Labute approximate surface area is 204 Å². The minimum atomic E-state index is -0.957. The van der Waals surface area contributed by atoms with Gasteiger partial charge >= 0.3 is 17.9 Å². The van der Waals surface area contributed by atoms with Crippen LogP contribution in [0.15, 0.2) is 0 Å². The Morgan fingerprint density at radius 1 is 0.853 bits per heavy atom. The number of rotatable bonds is 8. The lowest BCUT2D eigenvalue weighted by Gasteiger charge is -2.61. The van der Waals surface area contributed by atoms with E-state index in [1.165, 1.54) is 38.5 Å². The Morgan fingerprint density at radius 3 is 2.24 bits per heavy atom. The van der Waals surface area contributed by atoms with Crippen LogP contribution in [0.25, 0.3) is 0 Å². The number of aliphatic carboxylic acids is 2. The number of carbonyl (C=O) groups excluding carboxylic acids is 1. The predicted molar refractivity (Wildman–Crippen MR) is 128 cm³/mol. The smallest absolute Gasteiger partial charge is 0.306 e. The van der Waals surface area contributed by atoms with Crippen molar-refractivity contribution >= 4 is 17.9 Å². The van der Waals surface area contributed by atoms with Crippen molar-refractivity contribution in [1.82, 2.24) is 0 Å². The molecule has 9 atom stereocenters. The van der Waals surface area contributed by atoms with Gasteiger partial charge in [-0.3, -0.25) is 14.4 Å². The molecule has 2 N–H and O–H groups in total. The molecule has 4 rings (SSSR count). The molecule has 4 aliphatic carbocycles. The van der Waals surface area contributed by atoms with Crippen molar-refractivity contribution in [3.8, 4) is 0 Å². The molecule has 6 nitrogen and oxygen atoms in total. The molecule has 0 heterocycles. The number of carbonyl (C=O) groups is 3. The van der Waals surface area contributed by atoms with E-state index >= 15 is 0 Å². The molecule has 4 aliphatic rings. The first kappa shape index (κ1) is 25.5. The van der Waals surface area contributed by atoms with Crippen molar-refractivity contribution in [3.05, 3.63) is 0 Å². The number of hydrogen-bond acceptors (Lipinski definition) is 4. The van der Waals surface area contributed by atoms with Crippen LogP contribution in [0.4, 0.5) is 0 Å². The topological polar surface area (TPSA) is 101 Å². The Kier molecular flexibility index (Phi) is 7.36. The number of hydrogen-bond donors (Lipinski definition) is 2. The Hall–Kier alpha value is -1.59. The highest BCUT2D eigenvalue weighted by atomic mass is 16.5. The van der Waals surface area contributed by atoms with Crippen molar-refractivity contribution in [2.45, 2.75) is 110 Å². The molecule has 0 aromatic heterocycles. The van der Waals surface area contributed by atoms with Gasteiger partial charge in [0, 0.05) is 6.42 Å². The summed E-state index contributed by atoms with van der Waals surface area (Å²) in [6.07, 6.45) is 11.3. The van der Waals surface area contributed by atoms with Gasteiger partial charge < -0.3 is 14.9 Å². The monoisotopic (exact) mass is 476 g/mol. The molecule has 0 bridgehead atoms. The molecule has 0 spiro atoms. The van der Waals surface area contributed by atoms with Gasteiger partial charge in [0.2, 0.25) is 0 Å². The maximum atomic E-state index is 12.1. The van der Waals surface area contributed by atoms with E-state index in [1.807, 2.05) is 0 Å². The van der Waals surface area contributed by atoms with Crippen LogP contribution < -0.4 is 0 Å². The molecule has 6 heteroatoms. The molecule has 0 aliphatic heterocycles. The van der Waals surface area contributed by atoms with Crippen molar-refractivity contribution in [2.75, 3.05) is 0 Å². The number of carboxylic acids is 2. The summed E-state index contributed by atoms with van der Waals surface area (Å²) in [4.78, 5) is 34.0. The highest BCUT2D eigenvalue weighted by Crippen LogP contribution is 2.68. The van der Waals surface area contributed by atoms with Crippen molar-refractivity contribution in [1.29, 1.82) is 0 Å². The van der Waals surface area contributed by atoms with Crippen molar-refractivity contribution in [3.63, 3.8) is 0 Å². The summed E-state index contributed by atoms with van der Waals surface area (Å²) in [6, 6.07) is 0. The first-order chi connectivity index (χ1) is 16.0. The van der Waals surface area contributed by atoms with E-state index in [9.17, 15) is 14.4 Å². The maximum Gasteiger partial charge on any atom is 0.306 e. The lowest BCUT2D eigenvalue weighted by Crippen LogP contribution is -2.54.